The third kappa shape index (κ3) is 2.47. The Balaban J connectivity index is 1.80. The fourth-order valence-corrected chi connectivity index (χ4v) is 7.93. The minimum absolute atomic E-state index is 0.549. The zero-order chi connectivity index (χ0) is 22.7. The van der Waals surface area contributed by atoms with Gasteiger partial charge in [-0.15, -0.1) is 5.10 Å². The largest absolute Gasteiger partial charge is 0.305 e. The molecule has 3 aromatic heterocycles. The molecule has 0 saturated carbocycles. The van der Waals surface area contributed by atoms with E-state index in [2.05, 4.69) is 22.3 Å². The lowest BCUT2D eigenvalue weighted by Gasteiger charge is -2.19. The third-order valence-electron chi connectivity index (χ3n) is 6.52. The lowest BCUT2D eigenvalue weighted by molar-refractivity contribution is 0.591. The predicted octanol–water partition coefficient (Wildman–Crippen LogP) is 4.86. The predicted molar refractivity (Wildman–Crippen MR) is 136 cm³/mol. The Labute approximate surface area is 195 Å². The van der Waals surface area contributed by atoms with Crippen LogP contribution >= 0.6 is 7.14 Å². The summed E-state index contributed by atoms with van der Waals surface area (Å²) >= 11 is 0. The monoisotopic (exact) mass is 456 g/mol. The number of hydrogen-bond acceptors (Lipinski definition) is 5. The number of hydrogen-bond donors (Lipinski definition) is 0. The fourth-order valence-electron chi connectivity index (χ4n) is 5.14. The van der Waals surface area contributed by atoms with E-state index in [0.29, 0.717) is 10.9 Å². The second-order valence-electron chi connectivity index (χ2n) is 8.28. The third-order valence-corrected chi connectivity index (χ3v) is 9.45. The number of nitrogens with zero attached hydrogens (tertiary/aromatic N) is 4. The maximum atomic E-state index is 15.3. The van der Waals surface area contributed by atoms with E-state index in [1.54, 1.807) is 18.6 Å². The van der Waals surface area contributed by atoms with Crippen LogP contribution in [0.3, 0.4) is 0 Å². The highest BCUT2D eigenvalue weighted by atomic mass is 31.2. The van der Waals surface area contributed by atoms with Crippen LogP contribution in [0.15, 0.2) is 104 Å². The van der Waals surface area contributed by atoms with Gasteiger partial charge in [-0.2, -0.15) is 5.10 Å². The highest BCUT2D eigenvalue weighted by molar-refractivity contribution is 7.85. The average Bonchev–Trinajstić information content (AvgIpc) is 3.02. The van der Waals surface area contributed by atoms with Crippen LogP contribution in [0, 0.1) is 0 Å². The molecule has 7 rings (SSSR count). The van der Waals surface area contributed by atoms with E-state index < -0.39 is 7.14 Å². The molecule has 0 spiro atoms. The van der Waals surface area contributed by atoms with Gasteiger partial charge in [0.1, 0.15) is 16.4 Å². The molecule has 0 bridgehead atoms. The number of pyridine rings is 2. The maximum absolute atomic E-state index is 15.3. The van der Waals surface area contributed by atoms with Gasteiger partial charge in [0.05, 0.1) is 6.20 Å². The van der Waals surface area contributed by atoms with E-state index in [-0.39, 0.29) is 0 Å². The van der Waals surface area contributed by atoms with Crippen LogP contribution < -0.4 is 16.2 Å². The van der Waals surface area contributed by atoms with Crippen molar-refractivity contribution >= 4 is 45.0 Å². The zero-order valence-corrected chi connectivity index (χ0v) is 18.9. The van der Waals surface area contributed by atoms with Gasteiger partial charge in [-0.05, 0) is 23.6 Å². The van der Waals surface area contributed by atoms with E-state index in [4.69, 9.17) is 9.97 Å². The quantitative estimate of drug-likeness (QED) is 0.261. The van der Waals surface area contributed by atoms with Gasteiger partial charge in [0, 0.05) is 50.7 Å². The molecule has 0 fully saturated rings. The van der Waals surface area contributed by atoms with Gasteiger partial charge in [0.2, 0.25) is 7.14 Å². The molecule has 0 aliphatic carbocycles. The maximum Gasteiger partial charge on any atom is 0.207 e. The Kier molecular flexibility index (Phi) is 4.05. The first-order valence-electron chi connectivity index (χ1n) is 11.0. The Morgan fingerprint density at radius 2 is 1.18 bits per heavy atom. The molecule has 160 valence electrons. The second-order valence-corrected chi connectivity index (χ2v) is 10.9. The molecule has 0 amide bonds. The van der Waals surface area contributed by atoms with Crippen LogP contribution in [-0.4, -0.2) is 20.2 Å². The smallest absolute Gasteiger partial charge is 0.207 e. The van der Waals surface area contributed by atoms with Gasteiger partial charge in [0.15, 0.2) is 0 Å². The lowest BCUT2D eigenvalue weighted by Crippen LogP contribution is -2.29. The Bertz CT molecular complexity index is 1690. The summed E-state index contributed by atoms with van der Waals surface area (Å²) < 4.78 is 15.3. The van der Waals surface area contributed by atoms with Crippen molar-refractivity contribution in [3.8, 4) is 22.3 Å². The molecule has 1 aliphatic heterocycles. The topological polar surface area (TPSA) is 68.6 Å². The number of rotatable bonds is 1. The Morgan fingerprint density at radius 3 is 1.88 bits per heavy atom. The Morgan fingerprint density at radius 1 is 0.559 bits per heavy atom. The van der Waals surface area contributed by atoms with Crippen molar-refractivity contribution in [1.82, 2.24) is 20.2 Å². The summed E-state index contributed by atoms with van der Waals surface area (Å²) in [5.74, 6) is 0. The summed E-state index contributed by atoms with van der Waals surface area (Å²) in [4.78, 5) is 9.52. The molecule has 0 saturated heterocycles. The molecular formula is C28H17N4OP. The normalized spacial score (nSPS) is 16.5. The van der Waals surface area contributed by atoms with Crippen LogP contribution in [-0.2, 0) is 4.57 Å². The van der Waals surface area contributed by atoms with Crippen molar-refractivity contribution in [1.29, 1.82) is 0 Å². The summed E-state index contributed by atoms with van der Waals surface area (Å²) in [5, 5.41) is 12.4. The minimum Gasteiger partial charge on any atom is -0.305 e. The highest BCUT2D eigenvalue weighted by Gasteiger charge is 2.41. The second kappa shape index (κ2) is 7.14. The zero-order valence-electron chi connectivity index (χ0n) is 18.0. The molecule has 4 heterocycles. The Hall–Kier alpha value is -4.21. The van der Waals surface area contributed by atoms with E-state index in [9.17, 15) is 0 Å². The van der Waals surface area contributed by atoms with Crippen LogP contribution in [0.4, 0.5) is 0 Å². The van der Waals surface area contributed by atoms with Crippen LogP contribution in [0.2, 0.25) is 0 Å². The molecule has 1 aliphatic rings. The van der Waals surface area contributed by atoms with Crippen molar-refractivity contribution < 1.29 is 4.57 Å². The van der Waals surface area contributed by atoms with E-state index in [1.807, 2.05) is 72.8 Å². The average molecular weight is 456 g/mol. The van der Waals surface area contributed by atoms with Gasteiger partial charge < -0.3 is 4.57 Å². The molecule has 1 atom stereocenters. The molecule has 0 radical (unpaired) electrons. The molecule has 34 heavy (non-hydrogen) atoms. The van der Waals surface area contributed by atoms with Gasteiger partial charge >= 0.3 is 0 Å². The first-order valence-corrected chi connectivity index (χ1v) is 12.7. The summed E-state index contributed by atoms with van der Waals surface area (Å²) in [6, 6.07) is 27.6. The van der Waals surface area contributed by atoms with Crippen molar-refractivity contribution in [2.24, 2.45) is 0 Å². The summed E-state index contributed by atoms with van der Waals surface area (Å²) in [6.45, 7) is 0. The van der Waals surface area contributed by atoms with Gasteiger partial charge in [0.25, 0.3) is 0 Å². The molecular weight excluding hydrogens is 439 g/mol. The van der Waals surface area contributed by atoms with Gasteiger partial charge in [-0.1, -0.05) is 66.7 Å². The molecule has 1 unspecified atom stereocenters. The first kappa shape index (κ1) is 19.3. The number of fused-ring (bicyclic) bond motifs is 10. The molecule has 6 aromatic rings. The van der Waals surface area contributed by atoms with E-state index >= 15 is 4.57 Å². The summed E-state index contributed by atoms with van der Waals surface area (Å²) in [7, 11) is -3.39. The number of benzene rings is 3. The molecule has 6 heteroatoms. The van der Waals surface area contributed by atoms with Crippen LogP contribution in [0.1, 0.15) is 0 Å². The number of aromatic nitrogens is 4. The van der Waals surface area contributed by atoms with Crippen LogP contribution in [0.25, 0.3) is 43.9 Å². The summed E-state index contributed by atoms with van der Waals surface area (Å²) in [5.41, 5.74) is 5.59. The van der Waals surface area contributed by atoms with E-state index in [0.717, 1.165) is 49.2 Å². The van der Waals surface area contributed by atoms with Crippen molar-refractivity contribution in [2.75, 3.05) is 0 Å². The fraction of sp³-hybridized carbons (Fsp3) is 0. The van der Waals surface area contributed by atoms with Crippen molar-refractivity contribution in [2.45, 2.75) is 0 Å². The highest BCUT2D eigenvalue weighted by Crippen LogP contribution is 2.53. The molecule has 5 nitrogen and oxygen atoms in total. The minimum atomic E-state index is -3.39. The van der Waals surface area contributed by atoms with E-state index in [1.165, 1.54) is 0 Å². The first-order chi connectivity index (χ1) is 16.8. The van der Waals surface area contributed by atoms with Gasteiger partial charge in [-0.25, -0.2) is 0 Å². The van der Waals surface area contributed by atoms with Gasteiger partial charge in [-0.3, -0.25) is 9.97 Å². The SMILES string of the molecule is O=P1(c2ccccc2)c2ncccc2-c2c(c3ccnnc3c3ccccc23)-c2cccnc21. The molecule has 0 N–H and O–H groups in total. The van der Waals surface area contributed by atoms with Crippen LogP contribution in [0.5, 0.6) is 0 Å². The molecule has 3 aromatic carbocycles. The standard InChI is InChI=1S/C28H17N4OP/c33-34(18-8-2-1-3-9-18)27-22(12-6-15-29-27)24-19-10-4-5-11-20(19)26-21(14-17-31-32-26)25(24)23-13-7-16-30-28(23)34/h1-17H. The lowest BCUT2D eigenvalue weighted by atomic mass is 9.88. The van der Waals surface area contributed by atoms with Crippen molar-refractivity contribution in [3.05, 3.63) is 104 Å². The summed E-state index contributed by atoms with van der Waals surface area (Å²) in [6.07, 6.45) is 5.14. The van der Waals surface area contributed by atoms with Crippen molar-refractivity contribution in [3.63, 3.8) is 0 Å².